The number of likely N-dealkylation sites (N-methyl/N-ethyl adjacent to an activating group) is 7. The van der Waals surface area contributed by atoms with E-state index >= 15 is 19.2 Å². The lowest BCUT2D eigenvalue weighted by molar-refractivity contribution is -0.184. The summed E-state index contributed by atoms with van der Waals surface area (Å²) >= 11 is 6.52. The summed E-state index contributed by atoms with van der Waals surface area (Å²) in [5, 5.41) is 14.1. The fourth-order valence-electron chi connectivity index (χ4n) is 15.6. The lowest BCUT2D eigenvalue weighted by Gasteiger charge is -2.38. The lowest BCUT2D eigenvalue weighted by atomic mass is 9.79. The summed E-state index contributed by atoms with van der Waals surface area (Å²) in [6, 6.07) is -10.8. The second-order valence-corrected chi connectivity index (χ2v) is 32.2. The van der Waals surface area contributed by atoms with Gasteiger partial charge in [-0.3, -0.25) is 57.5 Å². The number of hydrogen-bond acceptors (Lipinski definition) is 14. The third-order valence-electron chi connectivity index (χ3n) is 23.0. The highest BCUT2D eigenvalue weighted by molar-refractivity contribution is 6.20. The highest BCUT2D eigenvalue weighted by atomic mass is 35.5. The molecule has 3 heterocycles. The first-order valence-corrected chi connectivity index (χ1v) is 38.8. The molecule has 0 bridgehead atoms. The fourth-order valence-corrected chi connectivity index (χ4v) is 15.8. The van der Waals surface area contributed by atoms with E-state index in [4.69, 9.17) is 16.3 Å². The van der Waals surface area contributed by atoms with E-state index < -0.39 is 176 Å². The van der Waals surface area contributed by atoms with Gasteiger partial charge in [-0.1, -0.05) is 66.2 Å². The van der Waals surface area contributed by atoms with Crippen molar-refractivity contribution in [3.63, 3.8) is 0 Å². The number of rotatable bonds is 16. The molecule has 0 aromatic carbocycles. The Morgan fingerprint density at radius 1 is 0.552 bits per heavy atom. The van der Waals surface area contributed by atoms with Crippen LogP contribution in [-0.2, 0) is 62.3 Å². The number of ether oxygens (including phenoxy) is 1. The molecule has 11 atom stereocenters. The molecule has 105 heavy (non-hydrogen) atoms. The first-order chi connectivity index (χ1) is 49.5. The number of nitrogens with zero attached hydrogens (tertiary/aromatic N) is 8. The summed E-state index contributed by atoms with van der Waals surface area (Å²) in [4.78, 5) is 187. The normalized spacial score (nSPS) is 30.9. The summed E-state index contributed by atoms with van der Waals surface area (Å²) in [6.45, 7) is 7.51. The third-order valence-corrected chi connectivity index (χ3v) is 23.4. The molecule has 3 saturated heterocycles. The predicted octanol–water partition coefficient (Wildman–Crippen LogP) is 5.02. The molecule has 0 aromatic rings. The fraction of sp³-hybridized carbons (Fsp3) is 0.838. The highest BCUT2D eigenvalue weighted by Gasteiger charge is 2.45. The zero-order valence-electron chi connectivity index (χ0n) is 64.2. The van der Waals surface area contributed by atoms with E-state index in [1.54, 1.807) is 13.8 Å². The van der Waals surface area contributed by atoms with Gasteiger partial charge in [-0.2, -0.15) is 13.2 Å². The average molecular weight is 1510 g/mol. The van der Waals surface area contributed by atoms with Crippen molar-refractivity contribution in [2.75, 3.05) is 108 Å². The largest absolute Gasteiger partial charge is 0.391 e. The highest BCUT2D eigenvalue weighted by Crippen LogP contribution is 2.41. The van der Waals surface area contributed by atoms with Crippen molar-refractivity contribution < 1.29 is 79.8 Å². The Morgan fingerprint density at radius 3 is 1.73 bits per heavy atom. The first-order valence-electron chi connectivity index (χ1n) is 38.4. The Balaban J connectivity index is 1.44. The van der Waals surface area contributed by atoms with Crippen molar-refractivity contribution >= 4 is 82.5 Å². The number of alkyl halides is 5. The Labute approximate surface area is 623 Å². The molecule has 3 aliphatic heterocycles. The van der Waals surface area contributed by atoms with Crippen LogP contribution in [-0.4, -0.2) is 285 Å². The molecule has 0 spiro atoms. The van der Waals surface area contributed by atoms with Crippen LogP contribution in [0.5, 0.6) is 0 Å². The lowest BCUT2D eigenvalue weighted by Crippen LogP contribution is -2.61. The minimum absolute atomic E-state index is 0.0456. The molecule has 26 nitrogen and oxygen atoms in total. The standard InChI is InChI=1S/C74H122ClF4N13O13/c1-13-46(4)65-73(104)87(8)41-63(95)85(6)42-64(96)89(10)59(36-50-23-28-53(75)29-24-50)71(102)86(7)40-61(93)81-55(30-25-48-21-26-52(27-22-48)74(77,78)79)67(98)83-57(44-105-43-51-34-54(76)39-80-38-51)69(100)91(12)60(35-49-19-15-14-16-20-49)72(103)90(11)58(33-45(2)3)68(99)82-56(70(101)92-31-17-18-32-92)37-62(94)88(9)47(5)66(97)84-65/h45-60,65,80H,13-44H2,1-12H3,(H,81,93)(H,82,99)(H,83,98)(H,84,97)/t46-,47-,48?,50?,51?,52?,53?,54?,55-,56-,57-,58-,59-,60-,65-/m0/s1. The average Bonchev–Trinajstić information content (AvgIpc) is 1.40. The Morgan fingerprint density at radius 2 is 1.13 bits per heavy atom. The molecule has 596 valence electrons. The van der Waals surface area contributed by atoms with Crippen LogP contribution >= 0.6 is 11.6 Å². The van der Waals surface area contributed by atoms with Crippen LogP contribution in [0.25, 0.3) is 0 Å². The number of carbonyl (C=O) groups excluding carboxylic acids is 12. The van der Waals surface area contributed by atoms with E-state index in [0.29, 0.717) is 77.4 Å². The smallest absolute Gasteiger partial charge is 0.378 e. The van der Waals surface area contributed by atoms with E-state index in [1.807, 2.05) is 13.8 Å². The zero-order chi connectivity index (χ0) is 77.7. The molecular formula is C74H122ClF4N13O13. The van der Waals surface area contributed by atoms with E-state index in [1.165, 1.54) is 75.9 Å². The number of nitrogens with one attached hydrogen (secondary N) is 5. The van der Waals surface area contributed by atoms with Crippen molar-refractivity contribution in [2.45, 2.75) is 248 Å². The van der Waals surface area contributed by atoms with E-state index in [2.05, 4.69) is 26.6 Å². The number of halogens is 5. The molecule has 31 heteroatoms. The van der Waals surface area contributed by atoms with Crippen LogP contribution in [0, 0.1) is 41.4 Å². The van der Waals surface area contributed by atoms with Gasteiger partial charge in [-0.15, -0.1) is 11.6 Å². The van der Waals surface area contributed by atoms with Crippen LogP contribution in [0.1, 0.15) is 182 Å². The maximum atomic E-state index is 15.7. The molecule has 0 aromatic heterocycles. The van der Waals surface area contributed by atoms with Crippen molar-refractivity contribution in [1.29, 1.82) is 0 Å². The minimum Gasteiger partial charge on any atom is -0.378 e. The maximum Gasteiger partial charge on any atom is 0.391 e. The number of hydrogen-bond donors (Lipinski definition) is 5. The summed E-state index contributed by atoms with van der Waals surface area (Å²) in [7, 11) is 9.66. The molecule has 5 N–H and O–H groups in total. The summed E-state index contributed by atoms with van der Waals surface area (Å²) in [5.74, 6) is -11.8. The monoisotopic (exact) mass is 1510 g/mol. The second-order valence-electron chi connectivity index (χ2n) is 31.6. The second kappa shape index (κ2) is 41.2. The summed E-state index contributed by atoms with van der Waals surface area (Å²) in [5.41, 5.74) is 0. The predicted molar refractivity (Wildman–Crippen MR) is 387 cm³/mol. The summed E-state index contributed by atoms with van der Waals surface area (Å²) in [6.07, 6.45) is 2.65. The first kappa shape index (κ1) is 87.5. The van der Waals surface area contributed by atoms with E-state index in [0.717, 1.165) is 38.9 Å². The third kappa shape index (κ3) is 25.9. The number of carbonyl (C=O) groups is 12. The Hall–Kier alpha value is -6.43. The van der Waals surface area contributed by atoms with Crippen molar-refractivity contribution in [3.8, 4) is 0 Å². The van der Waals surface area contributed by atoms with Gasteiger partial charge in [0.05, 0.1) is 45.2 Å². The quantitative estimate of drug-likeness (QED) is 0.100. The van der Waals surface area contributed by atoms with Gasteiger partial charge >= 0.3 is 6.18 Å². The molecule has 6 aliphatic rings. The minimum atomic E-state index is -4.40. The molecule has 6 rings (SSSR count). The molecule has 3 aliphatic carbocycles. The van der Waals surface area contributed by atoms with Gasteiger partial charge < -0.3 is 70.5 Å². The number of piperidine rings is 1. The van der Waals surface area contributed by atoms with Crippen molar-refractivity contribution in [2.24, 2.45) is 41.4 Å². The van der Waals surface area contributed by atoms with Crippen LogP contribution in [0.2, 0.25) is 0 Å². The zero-order valence-corrected chi connectivity index (χ0v) is 65.0. The van der Waals surface area contributed by atoms with Gasteiger partial charge in [-0.25, -0.2) is 4.39 Å². The van der Waals surface area contributed by atoms with E-state index in [-0.39, 0.29) is 112 Å². The van der Waals surface area contributed by atoms with Crippen molar-refractivity contribution in [1.82, 2.24) is 65.8 Å². The van der Waals surface area contributed by atoms with Gasteiger partial charge in [0.15, 0.2) is 0 Å². The SMILES string of the molecule is CC[C@H](C)[C@@H]1NC(=O)[C@H](C)N(C)C(=O)C[C@@H](C(=O)N2CCCC2)NC(=O)[C@H](CC(C)C)N(C)C(=O)[C@H](CC2CCCCC2)N(C)C(=O)[C@H](COCC2CNCC(F)C2)NC(=O)[C@H](CCC2CCC(C(F)(F)F)CC2)NC(=O)CN(C)C(=O)[C@H](CC2CCC(Cl)CC2)N(C)C(=O)CN(C)C(=O)CN(C)C1=O. The molecule has 0 radical (unpaired) electrons. The van der Waals surface area contributed by atoms with Gasteiger partial charge in [0, 0.05) is 80.9 Å². The molecule has 2 unspecified atom stereocenters. The van der Waals surface area contributed by atoms with E-state index in [9.17, 15) is 55.9 Å². The maximum absolute atomic E-state index is 15.7. The summed E-state index contributed by atoms with van der Waals surface area (Å²) < 4.78 is 62.9. The Kier molecular flexibility index (Phi) is 34.3. The van der Waals surface area contributed by atoms with Crippen LogP contribution in [0.4, 0.5) is 17.6 Å². The van der Waals surface area contributed by atoms with Gasteiger partial charge in [-0.05, 0) is 145 Å². The molecule has 12 amide bonds. The van der Waals surface area contributed by atoms with Crippen LogP contribution in [0.3, 0.4) is 0 Å². The Bertz CT molecular complexity index is 2950. The van der Waals surface area contributed by atoms with Gasteiger partial charge in [0.2, 0.25) is 70.9 Å². The molecule has 6 fully saturated rings. The van der Waals surface area contributed by atoms with Gasteiger partial charge in [0.1, 0.15) is 54.5 Å². The molecular weight excluding hydrogens is 1390 g/mol. The van der Waals surface area contributed by atoms with Crippen LogP contribution < -0.4 is 26.6 Å². The van der Waals surface area contributed by atoms with Crippen molar-refractivity contribution in [3.05, 3.63) is 0 Å². The van der Waals surface area contributed by atoms with Gasteiger partial charge in [0.25, 0.3) is 0 Å². The number of likely N-dealkylation sites (tertiary alicyclic amines) is 1. The number of amides is 12. The van der Waals surface area contributed by atoms with Crippen LogP contribution in [0.15, 0.2) is 0 Å². The molecule has 3 saturated carbocycles. The topological polar surface area (TPSA) is 300 Å².